The Morgan fingerprint density at radius 3 is 2.68 bits per heavy atom. The van der Waals surface area contributed by atoms with Crippen LogP contribution in [-0.4, -0.2) is 28.8 Å². The molecule has 0 saturated carbocycles. The van der Waals surface area contributed by atoms with Crippen molar-refractivity contribution in [3.05, 3.63) is 36.0 Å². The van der Waals surface area contributed by atoms with Crippen LogP contribution in [0.5, 0.6) is 0 Å². The Kier molecular flexibility index (Phi) is 5.21. The average molecular weight is 307 g/mol. The summed E-state index contributed by atoms with van der Waals surface area (Å²) in [4.78, 5) is 16.1. The SMILES string of the molecule is CCOC(C)C(=O)NC(C)c1nc(-c2ccc(F)cc2)no1. The second kappa shape index (κ2) is 7.13. The molecular weight excluding hydrogens is 289 g/mol. The lowest BCUT2D eigenvalue weighted by Gasteiger charge is -2.14. The number of carbonyl (C=O) groups excluding carboxylic acids is 1. The number of hydrogen-bond acceptors (Lipinski definition) is 5. The minimum Gasteiger partial charge on any atom is -0.369 e. The zero-order valence-corrected chi connectivity index (χ0v) is 12.7. The summed E-state index contributed by atoms with van der Waals surface area (Å²) in [5.74, 6) is 0.0271. The van der Waals surface area contributed by atoms with Gasteiger partial charge in [-0.3, -0.25) is 4.79 Å². The molecule has 2 aromatic rings. The van der Waals surface area contributed by atoms with Crippen LogP contribution in [0, 0.1) is 5.82 Å². The fourth-order valence-electron chi connectivity index (χ4n) is 1.85. The second-order valence-electron chi connectivity index (χ2n) is 4.79. The number of amides is 1. The van der Waals surface area contributed by atoms with E-state index in [2.05, 4.69) is 15.5 Å². The predicted octanol–water partition coefficient (Wildman–Crippen LogP) is 2.48. The van der Waals surface area contributed by atoms with Gasteiger partial charge in [0.2, 0.25) is 17.6 Å². The summed E-state index contributed by atoms with van der Waals surface area (Å²) in [6.45, 7) is 5.68. The fraction of sp³-hybridized carbons (Fsp3) is 0.400. The monoisotopic (exact) mass is 307 g/mol. The van der Waals surface area contributed by atoms with Gasteiger partial charge in [0.05, 0.1) is 0 Å². The first-order chi connectivity index (χ1) is 10.5. The van der Waals surface area contributed by atoms with Crippen molar-refractivity contribution in [2.75, 3.05) is 6.61 Å². The molecule has 118 valence electrons. The zero-order chi connectivity index (χ0) is 16.1. The first-order valence-electron chi connectivity index (χ1n) is 7.02. The predicted molar refractivity (Wildman–Crippen MR) is 77.3 cm³/mol. The third-order valence-electron chi connectivity index (χ3n) is 3.06. The van der Waals surface area contributed by atoms with Crippen LogP contribution in [0.4, 0.5) is 4.39 Å². The van der Waals surface area contributed by atoms with Crippen molar-refractivity contribution in [2.24, 2.45) is 0 Å². The van der Waals surface area contributed by atoms with E-state index in [1.54, 1.807) is 26.0 Å². The van der Waals surface area contributed by atoms with Crippen LogP contribution >= 0.6 is 0 Å². The Balaban J connectivity index is 2.04. The van der Waals surface area contributed by atoms with Gasteiger partial charge in [-0.15, -0.1) is 0 Å². The van der Waals surface area contributed by atoms with Crippen molar-refractivity contribution < 1.29 is 18.4 Å². The summed E-state index contributed by atoms with van der Waals surface area (Å²) in [7, 11) is 0. The first-order valence-corrected chi connectivity index (χ1v) is 7.02. The Morgan fingerprint density at radius 2 is 2.05 bits per heavy atom. The van der Waals surface area contributed by atoms with E-state index in [1.165, 1.54) is 12.1 Å². The lowest BCUT2D eigenvalue weighted by Crippen LogP contribution is -2.36. The van der Waals surface area contributed by atoms with Crippen LogP contribution in [0.15, 0.2) is 28.8 Å². The summed E-state index contributed by atoms with van der Waals surface area (Å²) in [6, 6.07) is 5.31. The van der Waals surface area contributed by atoms with Gasteiger partial charge in [-0.25, -0.2) is 4.39 Å². The van der Waals surface area contributed by atoms with Gasteiger partial charge in [0.15, 0.2) is 0 Å². The van der Waals surface area contributed by atoms with Crippen molar-refractivity contribution in [3.63, 3.8) is 0 Å². The van der Waals surface area contributed by atoms with Crippen LogP contribution < -0.4 is 5.32 Å². The molecule has 6 nitrogen and oxygen atoms in total. The number of carbonyl (C=O) groups is 1. The lowest BCUT2D eigenvalue weighted by atomic mass is 10.2. The highest BCUT2D eigenvalue weighted by molar-refractivity contribution is 5.80. The molecule has 1 N–H and O–H groups in total. The fourth-order valence-corrected chi connectivity index (χ4v) is 1.85. The highest BCUT2D eigenvalue weighted by Gasteiger charge is 2.20. The molecule has 0 fully saturated rings. The number of nitrogens with one attached hydrogen (secondary N) is 1. The molecule has 0 saturated heterocycles. The lowest BCUT2D eigenvalue weighted by molar-refractivity contribution is -0.132. The van der Waals surface area contributed by atoms with Crippen LogP contribution in [0.25, 0.3) is 11.4 Å². The topological polar surface area (TPSA) is 77.2 Å². The van der Waals surface area contributed by atoms with E-state index in [0.717, 1.165) is 0 Å². The first kappa shape index (κ1) is 16.1. The molecule has 0 spiro atoms. The smallest absolute Gasteiger partial charge is 0.249 e. The molecule has 22 heavy (non-hydrogen) atoms. The molecule has 0 aliphatic carbocycles. The largest absolute Gasteiger partial charge is 0.369 e. The summed E-state index contributed by atoms with van der Waals surface area (Å²) >= 11 is 0. The summed E-state index contributed by atoms with van der Waals surface area (Å²) in [5.41, 5.74) is 0.637. The molecule has 0 bridgehead atoms. The third-order valence-corrected chi connectivity index (χ3v) is 3.06. The van der Waals surface area contributed by atoms with E-state index in [9.17, 15) is 9.18 Å². The molecule has 1 aromatic heterocycles. The van der Waals surface area contributed by atoms with E-state index < -0.39 is 12.1 Å². The quantitative estimate of drug-likeness (QED) is 0.887. The number of nitrogens with zero attached hydrogens (tertiary/aromatic N) is 2. The molecule has 0 aliphatic rings. The molecule has 7 heteroatoms. The Hall–Kier alpha value is -2.28. The maximum Gasteiger partial charge on any atom is 0.249 e. The zero-order valence-electron chi connectivity index (χ0n) is 12.7. The average Bonchev–Trinajstić information content (AvgIpc) is 2.98. The van der Waals surface area contributed by atoms with Crippen molar-refractivity contribution in [3.8, 4) is 11.4 Å². The van der Waals surface area contributed by atoms with E-state index in [-0.39, 0.29) is 17.6 Å². The number of ether oxygens (including phenoxy) is 1. The van der Waals surface area contributed by atoms with Crippen LogP contribution in [0.2, 0.25) is 0 Å². The number of rotatable bonds is 6. The van der Waals surface area contributed by atoms with Gasteiger partial charge < -0.3 is 14.6 Å². The summed E-state index contributed by atoms with van der Waals surface area (Å²) in [6.07, 6.45) is -0.549. The minimum absolute atomic E-state index is 0.254. The number of halogens is 1. The highest BCUT2D eigenvalue weighted by atomic mass is 19.1. The summed E-state index contributed by atoms with van der Waals surface area (Å²) < 4.78 is 23.2. The minimum atomic E-state index is -0.549. The standard InChI is InChI=1S/C15H18FN3O3/c1-4-21-10(3)14(20)17-9(2)15-18-13(19-22-15)11-5-7-12(16)8-6-11/h5-10H,4H2,1-3H3,(H,17,20). The molecule has 0 radical (unpaired) electrons. The van der Waals surface area contributed by atoms with E-state index >= 15 is 0 Å². The molecule has 1 aromatic carbocycles. The van der Waals surface area contributed by atoms with Gasteiger partial charge in [0, 0.05) is 12.2 Å². The van der Waals surface area contributed by atoms with Crippen molar-refractivity contribution in [1.29, 1.82) is 0 Å². The van der Waals surface area contributed by atoms with E-state index in [1.807, 2.05) is 6.92 Å². The number of aromatic nitrogens is 2. The maximum absolute atomic E-state index is 12.9. The number of benzene rings is 1. The van der Waals surface area contributed by atoms with E-state index in [0.29, 0.717) is 18.0 Å². The van der Waals surface area contributed by atoms with Crippen molar-refractivity contribution >= 4 is 5.91 Å². The molecule has 2 rings (SSSR count). The maximum atomic E-state index is 12.9. The number of hydrogen-bond donors (Lipinski definition) is 1. The van der Waals surface area contributed by atoms with Crippen molar-refractivity contribution in [1.82, 2.24) is 15.5 Å². The van der Waals surface area contributed by atoms with Crippen LogP contribution in [0.3, 0.4) is 0 Å². The summed E-state index contributed by atoms with van der Waals surface area (Å²) in [5, 5.41) is 6.57. The molecule has 0 aliphatic heterocycles. The van der Waals surface area contributed by atoms with Crippen LogP contribution in [-0.2, 0) is 9.53 Å². The van der Waals surface area contributed by atoms with Gasteiger partial charge >= 0.3 is 0 Å². The third kappa shape index (κ3) is 3.88. The Labute approximate surface area is 127 Å². The highest BCUT2D eigenvalue weighted by Crippen LogP contribution is 2.19. The Morgan fingerprint density at radius 1 is 1.36 bits per heavy atom. The van der Waals surface area contributed by atoms with Gasteiger partial charge in [0.1, 0.15) is 18.0 Å². The Bertz CT molecular complexity index is 627. The molecule has 1 amide bonds. The van der Waals surface area contributed by atoms with Gasteiger partial charge in [0.25, 0.3) is 0 Å². The van der Waals surface area contributed by atoms with E-state index in [4.69, 9.17) is 9.26 Å². The molecule has 2 atom stereocenters. The van der Waals surface area contributed by atoms with Gasteiger partial charge in [-0.1, -0.05) is 5.16 Å². The molecular formula is C15H18FN3O3. The normalized spacial score (nSPS) is 13.6. The molecule has 1 heterocycles. The van der Waals surface area contributed by atoms with Crippen LogP contribution in [0.1, 0.15) is 32.7 Å². The van der Waals surface area contributed by atoms with Gasteiger partial charge in [-0.05, 0) is 45.0 Å². The van der Waals surface area contributed by atoms with Crippen molar-refractivity contribution in [2.45, 2.75) is 32.9 Å². The van der Waals surface area contributed by atoms with Gasteiger partial charge in [-0.2, -0.15) is 4.98 Å². The molecule has 2 unspecified atom stereocenters. The second-order valence-corrected chi connectivity index (χ2v) is 4.79.